The van der Waals surface area contributed by atoms with Gasteiger partial charge in [-0.25, -0.2) is 0 Å². The predicted octanol–water partition coefficient (Wildman–Crippen LogP) is 4.82. The van der Waals surface area contributed by atoms with Crippen molar-refractivity contribution in [1.29, 1.82) is 0 Å². The Morgan fingerprint density at radius 2 is 1.48 bits per heavy atom. The highest BCUT2D eigenvalue weighted by molar-refractivity contribution is 6.09. The number of allylic oxidation sites excluding steroid dienone is 2. The Bertz CT molecular complexity index is 653. The third kappa shape index (κ3) is 3.81. The van der Waals surface area contributed by atoms with E-state index in [1.165, 1.54) is 24.3 Å². The first-order valence-corrected chi connectivity index (χ1v) is 6.33. The lowest BCUT2D eigenvalue weighted by molar-refractivity contribution is -0.0689. The van der Waals surface area contributed by atoms with Gasteiger partial charge in [-0.2, -0.15) is 13.2 Å². The molecule has 0 atom stereocenters. The average molecular weight is 290 g/mol. The predicted molar refractivity (Wildman–Crippen MR) is 76.0 cm³/mol. The number of carbonyl (C=O) groups excluding carboxylic acids is 1. The fourth-order valence-corrected chi connectivity index (χ4v) is 1.88. The number of ketones is 1. The van der Waals surface area contributed by atoms with Gasteiger partial charge >= 0.3 is 6.18 Å². The lowest BCUT2D eigenvalue weighted by Crippen LogP contribution is -2.12. The fraction of sp³-hybridized carbons (Fsp3) is 0.118. The van der Waals surface area contributed by atoms with Crippen molar-refractivity contribution in [3.8, 4) is 0 Å². The van der Waals surface area contributed by atoms with Crippen molar-refractivity contribution >= 4 is 11.4 Å². The van der Waals surface area contributed by atoms with Crippen LogP contribution in [0.5, 0.6) is 0 Å². The SMILES string of the molecule is Cc1ccc(/C(=C/C(=O)c2ccccc2)C(F)(F)F)cc1. The van der Waals surface area contributed by atoms with E-state index in [-0.39, 0.29) is 11.1 Å². The Hall–Kier alpha value is -2.36. The molecule has 0 fully saturated rings. The molecule has 0 unspecified atom stereocenters. The Morgan fingerprint density at radius 3 is 2.00 bits per heavy atom. The van der Waals surface area contributed by atoms with Crippen LogP contribution in [-0.4, -0.2) is 12.0 Å². The molecule has 0 N–H and O–H groups in total. The van der Waals surface area contributed by atoms with Gasteiger partial charge in [0.2, 0.25) is 0 Å². The molecular formula is C17H13F3O. The maximum Gasteiger partial charge on any atom is 0.417 e. The van der Waals surface area contributed by atoms with E-state index in [9.17, 15) is 18.0 Å². The normalized spacial score (nSPS) is 12.3. The topological polar surface area (TPSA) is 17.1 Å². The monoisotopic (exact) mass is 290 g/mol. The number of carbonyl (C=O) groups is 1. The van der Waals surface area contributed by atoms with E-state index in [4.69, 9.17) is 0 Å². The number of benzene rings is 2. The van der Waals surface area contributed by atoms with E-state index >= 15 is 0 Å². The summed E-state index contributed by atoms with van der Waals surface area (Å²) in [7, 11) is 0. The van der Waals surface area contributed by atoms with Crippen molar-refractivity contribution in [3.05, 3.63) is 77.4 Å². The molecule has 108 valence electrons. The molecule has 0 heterocycles. The molecule has 2 rings (SSSR count). The van der Waals surface area contributed by atoms with Gasteiger partial charge in [0.15, 0.2) is 5.78 Å². The summed E-state index contributed by atoms with van der Waals surface area (Å²) in [5, 5.41) is 0. The van der Waals surface area contributed by atoms with Crippen molar-refractivity contribution in [3.63, 3.8) is 0 Å². The average Bonchev–Trinajstić information content (AvgIpc) is 2.45. The summed E-state index contributed by atoms with van der Waals surface area (Å²) in [5.74, 6) is -0.663. The molecule has 0 aliphatic heterocycles. The number of hydrogen-bond acceptors (Lipinski definition) is 1. The largest absolute Gasteiger partial charge is 0.417 e. The van der Waals surface area contributed by atoms with Crippen LogP contribution in [0.2, 0.25) is 0 Å². The van der Waals surface area contributed by atoms with E-state index in [1.807, 2.05) is 0 Å². The third-order valence-electron chi connectivity index (χ3n) is 3.00. The Balaban J connectivity index is 2.44. The first-order chi connectivity index (χ1) is 9.88. The molecule has 0 spiro atoms. The highest BCUT2D eigenvalue weighted by atomic mass is 19.4. The summed E-state index contributed by atoms with van der Waals surface area (Å²) in [6, 6.07) is 13.8. The van der Waals surface area contributed by atoms with Crippen LogP contribution in [0.25, 0.3) is 5.57 Å². The van der Waals surface area contributed by atoms with Gasteiger partial charge in [-0.15, -0.1) is 0 Å². The van der Waals surface area contributed by atoms with Crippen LogP contribution >= 0.6 is 0 Å². The van der Waals surface area contributed by atoms with Crippen LogP contribution in [0.15, 0.2) is 60.7 Å². The van der Waals surface area contributed by atoms with Gasteiger partial charge in [-0.1, -0.05) is 60.2 Å². The van der Waals surface area contributed by atoms with Crippen molar-refractivity contribution in [2.24, 2.45) is 0 Å². The van der Waals surface area contributed by atoms with Crippen molar-refractivity contribution < 1.29 is 18.0 Å². The molecule has 0 aliphatic carbocycles. The quantitative estimate of drug-likeness (QED) is 0.585. The molecule has 0 amide bonds. The summed E-state index contributed by atoms with van der Waals surface area (Å²) >= 11 is 0. The molecule has 0 saturated heterocycles. The zero-order valence-corrected chi connectivity index (χ0v) is 11.3. The number of halogens is 3. The fourth-order valence-electron chi connectivity index (χ4n) is 1.88. The van der Waals surface area contributed by atoms with Crippen LogP contribution < -0.4 is 0 Å². The highest BCUT2D eigenvalue weighted by Gasteiger charge is 2.35. The van der Waals surface area contributed by atoms with Gasteiger partial charge in [0.05, 0.1) is 5.57 Å². The summed E-state index contributed by atoms with van der Waals surface area (Å²) in [6.07, 6.45) is -3.93. The van der Waals surface area contributed by atoms with Gasteiger partial charge in [0.1, 0.15) is 0 Å². The Morgan fingerprint density at radius 1 is 0.905 bits per heavy atom. The Labute approximate surface area is 120 Å². The highest BCUT2D eigenvalue weighted by Crippen LogP contribution is 2.34. The van der Waals surface area contributed by atoms with Gasteiger partial charge in [0, 0.05) is 5.56 Å². The van der Waals surface area contributed by atoms with Crippen molar-refractivity contribution in [1.82, 2.24) is 0 Å². The van der Waals surface area contributed by atoms with Gasteiger partial charge in [-0.3, -0.25) is 4.79 Å². The van der Waals surface area contributed by atoms with Crippen LogP contribution in [-0.2, 0) is 0 Å². The molecule has 2 aromatic rings. The van der Waals surface area contributed by atoms with Crippen LogP contribution in [0.1, 0.15) is 21.5 Å². The maximum atomic E-state index is 13.2. The zero-order valence-electron chi connectivity index (χ0n) is 11.3. The van der Waals surface area contributed by atoms with Crippen LogP contribution in [0.3, 0.4) is 0 Å². The molecule has 0 radical (unpaired) electrons. The molecule has 0 bridgehead atoms. The smallest absolute Gasteiger partial charge is 0.289 e. The first-order valence-electron chi connectivity index (χ1n) is 6.33. The van der Waals surface area contributed by atoms with Gasteiger partial charge in [-0.05, 0) is 18.6 Å². The minimum Gasteiger partial charge on any atom is -0.289 e. The molecule has 4 heteroatoms. The molecule has 2 aromatic carbocycles. The van der Waals surface area contributed by atoms with E-state index in [0.29, 0.717) is 6.08 Å². The number of alkyl halides is 3. The summed E-state index contributed by atoms with van der Waals surface area (Å²) in [5.41, 5.74) is 0.134. The summed E-state index contributed by atoms with van der Waals surface area (Å²) < 4.78 is 39.5. The van der Waals surface area contributed by atoms with E-state index < -0.39 is 17.5 Å². The molecule has 0 aliphatic rings. The van der Waals surface area contributed by atoms with Gasteiger partial charge < -0.3 is 0 Å². The lowest BCUT2D eigenvalue weighted by atomic mass is 10.0. The number of hydrogen-bond donors (Lipinski definition) is 0. The zero-order chi connectivity index (χ0) is 15.5. The third-order valence-corrected chi connectivity index (χ3v) is 3.00. The van der Waals surface area contributed by atoms with Gasteiger partial charge in [0.25, 0.3) is 0 Å². The molecular weight excluding hydrogens is 277 g/mol. The summed E-state index contributed by atoms with van der Waals surface area (Å²) in [6.45, 7) is 1.79. The number of rotatable bonds is 3. The standard InChI is InChI=1S/C17H13F3O/c1-12-7-9-13(10-8-12)15(17(18,19)20)11-16(21)14-5-3-2-4-6-14/h2-11H,1H3/b15-11-. The first kappa shape index (κ1) is 15.0. The molecule has 1 nitrogen and oxygen atoms in total. The molecule has 0 aromatic heterocycles. The second-order valence-electron chi connectivity index (χ2n) is 4.65. The number of aryl methyl sites for hydroxylation is 1. The van der Waals surface area contributed by atoms with Crippen LogP contribution in [0.4, 0.5) is 13.2 Å². The maximum absolute atomic E-state index is 13.2. The van der Waals surface area contributed by atoms with E-state index in [0.717, 1.165) is 5.56 Å². The molecule has 0 saturated carbocycles. The minimum atomic E-state index is -4.58. The second kappa shape index (κ2) is 5.95. The van der Waals surface area contributed by atoms with E-state index in [2.05, 4.69) is 0 Å². The van der Waals surface area contributed by atoms with Crippen molar-refractivity contribution in [2.75, 3.05) is 0 Å². The van der Waals surface area contributed by atoms with Crippen molar-refractivity contribution in [2.45, 2.75) is 13.1 Å². The van der Waals surface area contributed by atoms with E-state index in [1.54, 1.807) is 37.3 Å². The summed E-state index contributed by atoms with van der Waals surface area (Å²) in [4.78, 5) is 12.0. The second-order valence-corrected chi connectivity index (χ2v) is 4.65. The minimum absolute atomic E-state index is 0.0163. The Kier molecular flexibility index (Phi) is 4.26. The van der Waals surface area contributed by atoms with Crippen LogP contribution in [0, 0.1) is 6.92 Å². The molecule has 21 heavy (non-hydrogen) atoms. The lowest BCUT2D eigenvalue weighted by Gasteiger charge is -2.12.